The van der Waals surface area contributed by atoms with Crippen LogP contribution in [0.3, 0.4) is 0 Å². The lowest BCUT2D eigenvalue weighted by atomic mass is 9.72. The third-order valence-corrected chi connectivity index (χ3v) is 8.24. The Morgan fingerprint density at radius 2 is 1.97 bits per heavy atom. The molecule has 208 valence electrons. The minimum Gasteiger partial charge on any atom is -0.504 e. The van der Waals surface area contributed by atoms with E-state index in [9.17, 15) is 15.0 Å². The molecule has 0 radical (unpaired) electrons. The van der Waals surface area contributed by atoms with Gasteiger partial charge in [0.15, 0.2) is 17.5 Å². The summed E-state index contributed by atoms with van der Waals surface area (Å²) in [7, 11) is 1.52. The van der Waals surface area contributed by atoms with E-state index in [2.05, 4.69) is 17.2 Å². The average Bonchev–Trinajstić information content (AvgIpc) is 2.87. The van der Waals surface area contributed by atoms with E-state index in [-0.39, 0.29) is 23.7 Å². The van der Waals surface area contributed by atoms with Crippen molar-refractivity contribution in [3.8, 4) is 11.5 Å². The number of esters is 1. The average molecular weight is 518 g/mol. The number of aromatic hydroxyl groups is 1. The number of nitrogens with one attached hydrogen (secondary N) is 1. The first-order valence-corrected chi connectivity index (χ1v) is 14.0. The van der Waals surface area contributed by atoms with Gasteiger partial charge in [-0.25, -0.2) is 0 Å². The molecule has 0 bridgehead atoms. The number of methoxy groups -OCH3 is 1. The third kappa shape index (κ3) is 9.40. The largest absolute Gasteiger partial charge is 0.504 e. The summed E-state index contributed by atoms with van der Waals surface area (Å²) in [6, 6.07) is 5.67. The summed E-state index contributed by atoms with van der Waals surface area (Å²) < 4.78 is 10.8. The molecular weight excluding hydrogens is 470 g/mol. The number of aliphatic hydroxyl groups is 1. The number of aryl methyl sites for hydroxylation is 1. The Balaban J connectivity index is 1.53. The van der Waals surface area contributed by atoms with Gasteiger partial charge in [0.1, 0.15) is 6.10 Å². The standard InChI is InChI=1S/C29H47N3O5/c1-19-9-12-22(16-23(19)18-31-29(30)32-24-7-5-4-6-8-24)27(35)17-25(37-20(2)33)13-10-21-11-14-26(34)28(15-21)36-3/h11,14-15,19,22-25,27,34-35H,4-10,12-13,16-18H2,1-3H3,(H3,30,31,32). The first-order valence-electron chi connectivity index (χ1n) is 14.0. The Morgan fingerprint density at radius 1 is 1.22 bits per heavy atom. The number of phenolic OH excluding ortho intramolecular Hbond substituents is 1. The molecule has 0 spiro atoms. The molecule has 8 heteroatoms. The van der Waals surface area contributed by atoms with Crippen LogP contribution >= 0.6 is 0 Å². The van der Waals surface area contributed by atoms with Gasteiger partial charge in [0, 0.05) is 25.9 Å². The molecular formula is C29H47N3O5. The number of nitrogens with two attached hydrogens (primary N) is 1. The second kappa shape index (κ2) is 14.5. The first-order chi connectivity index (χ1) is 17.7. The van der Waals surface area contributed by atoms with Crippen LogP contribution in [0.25, 0.3) is 0 Å². The van der Waals surface area contributed by atoms with Crippen LogP contribution in [0.5, 0.6) is 11.5 Å². The molecule has 1 aromatic rings. The van der Waals surface area contributed by atoms with Crippen molar-refractivity contribution in [3.63, 3.8) is 0 Å². The van der Waals surface area contributed by atoms with Crippen LogP contribution in [0, 0.1) is 17.8 Å². The van der Waals surface area contributed by atoms with Crippen molar-refractivity contribution in [2.45, 2.75) is 103 Å². The second-order valence-corrected chi connectivity index (χ2v) is 11.1. The maximum absolute atomic E-state index is 11.8. The molecule has 0 amide bonds. The van der Waals surface area contributed by atoms with E-state index in [1.54, 1.807) is 12.1 Å². The van der Waals surface area contributed by atoms with Crippen molar-refractivity contribution in [2.24, 2.45) is 28.5 Å². The molecule has 5 N–H and O–H groups in total. The number of carbonyl (C=O) groups excluding carboxylic acids is 1. The number of ether oxygens (including phenoxy) is 2. The lowest BCUT2D eigenvalue weighted by Gasteiger charge is -2.36. The first kappa shape index (κ1) is 29.1. The van der Waals surface area contributed by atoms with Gasteiger partial charge in [0.05, 0.1) is 13.2 Å². The van der Waals surface area contributed by atoms with Crippen molar-refractivity contribution in [1.82, 2.24) is 5.32 Å². The van der Waals surface area contributed by atoms with E-state index in [0.29, 0.717) is 55.4 Å². The van der Waals surface area contributed by atoms with Crippen molar-refractivity contribution in [2.75, 3.05) is 13.7 Å². The highest BCUT2D eigenvalue weighted by atomic mass is 16.5. The predicted octanol–water partition coefficient (Wildman–Crippen LogP) is 4.31. The molecule has 2 aliphatic carbocycles. The van der Waals surface area contributed by atoms with E-state index < -0.39 is 6.10 Å². The predicted molar refractivity (Wildman–Crippen MR) is 146 cm³/mol. The molecule has 8 nitrogen and oxygen atoms in total. The van der Waals surface area contributed by atoms with Gasteiger partial charge >= 0.3 is 5.97 Å². The smallest absolute Gasteiger partial charge is 0.302 e. The molecule has 2 aliphatic rings. The zero-order chi connectivity index (χ0) is 26.8. The van der Waals surface area contributed by atoms with Crippen LogP contribution in [0.4, 0.5) is 0 Å². The van der Waals surface area contributed by atoms with Crippen LogP contribution in [0.15, 0.2) is 23.2 Å². The van der Waals surface area contributed by atoms with Gasteiger partial charge in [0.2, 0.25) is 0 Å². The van der Waals surface area contributed by atoms with Crippen molar-refractivity contribution in [1.29, 1.82) is 0 Å². The summed E-state index contributed by atoms with van der Waals surface area (Å²) in [6.45, 7) is 4.35. The van der Waals surface area contributed by atoms with Gasteiger partial charge in [-0.1, -0.05) is 38.7 Å². The van der Waals surface area contributed by atoms with Crippen LogP contribution in [-0.2, 0) is 16.0 Å². The second-order valence-electron chi connectivity index (χ2n) is 11.1. The Bertz CT molecular complexity index is 886. The van der Waals surface area contributed by atoms with E-state index in [4.69, 9.17) is 15.2 Å². The maximum atomic E-state index is 11.8. The molecule has 37 heavy (non-hydrogen) atoms. The Morgan fingerprint density at radius 3 is 2.68 bits per heavy atom. The SMILES string of the molecule is COc1cc(CCC(CC(O)C2CCC(C)C(CN=C(N)NC3CCCCC3)C2)OC(C)=O)ccc1O. The molecule has 1 aromatic carbocycles. The molecule has 0 saturated heterocycles. The number of hydrogen-bond donors (Lipinski definition) is 4. The summed E-state index contributed by atoms with van der Waals surface area (Å²) in [4.78, 5) is 16.4. The highest BCUT2D eigenvalue weighted by Gasteiger charge is 2.33. The van der Waals surface area contributed by atoms with Gasteiger partial charge in [-0.15, -0.1) is 0 Å². The van der Waals surface area contributed by atoms with E-state index in [1.165, 1.54) is 33.3 Å². The lowest BCUT2D eigenvalue weighted by Crippen LogP contribution is -2.41. The topological polar surface area (TPSA) is 126 Å². The minimum absolute atomic E-state index is 0.0927. The van der Waals surface area contributed by atoms with Crippen LogP contribution in [0.1, 0.15) is 83.6 Å². The molecule has 0 aliphatic heterocycles. The highest BCUT2D eigenvalue weighted by Crippen LogP contribution is 2.37. The van der Waals surface area contributed by atoms with Crippen molar-refractivity contribution >= 4 is 11.9 Å². The summed E-state index contributed by atoms with van der Waals surface area (Å²) in [5.74, 6) is 1.76. The van der Waals surface area contributed by atoms with Gasteiger partial charge in [-0.05, 0) is 74.0 Å². The summed E-state index contributed by atoms with van der Waals surface area (Å²) in [5, 5.41) is 24.4. The molecule has 2 saturated carbocycles. The fourth-order valence-electron chi connectivity index (χ4n) is 5.90. The van der Waals surface area contributed by atoms with E-state index in [0.717, 1.165) is 37.7 Å². The molecule has 5 atom stereocenters. The summed E-state index contributed by atoms with van der Waals surface area (Å²) in [5.41, 5.74) is 7.18. The van der Waals surface area contributed by atoms with Gasteiger partial charge < -0.3 is 30.7 Å². The number of hydrogen-bond acceptors (Lipinski definition) is 6. The number of aliphatic hydroxyl groups excluding tert-OH is 1. The normalized spacial score (nSPS) is 24.8. The number of carbonyl (C=O) groups is 1. The number of rotatable bonds is 11. The zero-order valence-electron chi connectivity index (χ0n) is 22.8. The lowest BCUT2D eigenvalue weighted by molar-refractivity contribution is -0.148. The van der Waals surface area contributed by atoms with E-state index >= 15 is 0 Å². The minimum atomic E-state index is -0.546. The van der Waals surface area contributed by atoms with Crippen LogP contribution in [-0.4, -0.2) is 54.0 Å². The molecule has 5 unspecified atom stereocenters. The highest BCUT2D eigenvalue weighted by molar-refractivity contribution is 5.78. The summed E-state index contributed by atoms with van der Waals surface area (Å²) in [6.07, 6.45) is 9.75. The monoisotopic (exact) mass is 517 g/mol. The zero-order valence-corrected chi connectivity index (χ0v) is 22.8. The van der Waals surface area contributed by atoms with Gasteiger partial charge in [-0.2, -0.15) is 0 Å². The Hall–Kier alpha value is -2.48. The number of guanidine groups is 1. The Kier molecular flexibility index (Phi) is 11.4. The molecule has 0 aromatic heterocycles. The van der Waals surface area contributed by atoms with Crippen molar-refractivity contribution < 1.29 is 24.5 Å². The summed E-state index contributed by atoms with van der Waals surface area (Å²) >= 11 is 0. The Labute approximate surface area is 222 Å². The van der Waals surface area contributed by atoms with Gasteiger partial charge in [-0.3, -0.25) is 9.79 Å². The number of nitrogens with zero attached hydrogens (tertiary/aromatic N) is 1. The fourth-order valence-corrected chi connectivity index (χ4v) is 5.90. The van der Waals surface area contributed by atoms with Crippen LogP contribution < -0.4 is 15.8 Å². The maximum Gasteiger partial charge on any atom is 0.302 e. The number of aliphatic imine (C=N–C) groups is 1. The third-order valence-electron chi connectivity index (χ3n) is 8.24. The fraction of sp³-hybridized carbons (Fsp3) is 0.724. The van der Waals surface area contributed by atoms with E-state index in [1.807, 2.05) is 6.07 Å². The number of phenols is 1. The molecule has 0 heterocycles. The number of benzene rings is 1. The molecule has 2 fully saturated rings. The van der Waals surface area contributed by atoms with Crippen LogP contribution in [0.2, 0.25) is 0 Å². The molecule has 3 rings (SSSR count). The van der Waals surface area contributed by atoms with Crippen molar-refractivity contribution in [3.05, 3.63) is 23.8 Å². The van der Waals surface area contributed by atoms with Gasteiger partial charge in [0.25, 0.3) is 0 Å². The quantitative estimate of drug-likeness (QED) is 0.196.